The number of amides is 3. The molecule has 8 rings (SSSR count). The maximum atomic E-state index is 12.1. The van der Waals surface area contributed by atoms with Gasteiger partial charge in [-0.1, -0.05) is 175 Å². The number of nitrogens with two attached hydrogens (primary N) is 2. The lowest BCUT2D eigenvalue weighted by Crippen LogP contribution is -2.39. The number of hydrogen-bond acceptors (Lipinski definition) is 13. The number of likely N-dealkylation sites (N-methyl/N-ethyl adjacent to an activating group) is 1. The van der Waals surface area contributed by atoms with Gasteiger partial charge in [0.25, 0.3) is 17.7 Å². The molecule has 17 nitrogen and oxygen atoms in total. The van der Waals surface area contributed by atoms with E-state index in [4.69, 9.17) is 51.4 Å². The van der Waals surface area contributed by atoms with Gasteiger partial charge in [-0.15, -0.1) is 0 Å². The Balaban J connectivity index is 0.000000207. The molecule has 20 heteroatoms. The molecule has 11 N–H and O–H groups in total. The summed E-state index contributed by atoms with van der Waals surface area (Å²) >= 11 is 17.4. The summed E-state index contributed by atoms with van der Waals surface area (Å²) in [7, 11) is 2.09. The first kappa shape index (κ1) is 65.9. The van der Waals surface area contributed by atoms with Gasteiger partial charge in [0.2, 0.25) is 0 Å². The first-order valence-corrected chi connectivity index (χ1v) is 28.2. The molecule has 0 spiro atoms. The monoisotopic (exact) mass is 1220 g/mol. The molecule has 0 saturated heterocycles. The minimum atomic E-state index is -1.05. The molecule has 1 aliphatic carbocycles. The standard InChI is InChI=1S/C25H24ClN3O2.C22H24ClN3O2.C19H18ClN3O4/c1-29(18-20-7-3-2-4-8-20)14-6-11-19-9-5-10-21(15-19)17-27-28-25(31)22-12-13-24(30)23(26)16-22;23-19-14-18(7-8-20(19)27)21(28)26-25-15-17-6-4-5-16(13-17)9-12-22(24)10-2-1-3-11-22;20-15-10-14(7-8-17(15)24)18(25)23-22-11-13-5-1-3-12(9-13)4-2-6-16(21)19(26)27/h2-13,15-17,30H,14,18H2,1H3,(H,28,31);4-9,12-15,27H,1-3,10-11,24H2,(H,26,28);1-5,7-11,16,24H,6,21H2,(H,23,25)(H,26,27)/b11-6+,27-17+;12-9+,25-15+;4-2+,22-11+. The third-order valence-electron chi connectivity index (χ3n) is 12.9. The Morgan fingerprint density at radius 1 is 0.547 bits per heavy atom. The van der Waals surface area contributed by atoms with E-state index in [0.717, 1.165) is 59.3 Å². The number of aromatic hydroxyl groups is 3. The number of carboxylic acids is 1. The number of carbonyl (C=O) groups excluding carboxylic acids is 3. The van der Waals surface area contributed by atoms with Crippen LogP contribution in [0.25, 0.3) is 18.2 Å². The summed E-state index contributed by atoms with van der Waals surface area (Å²) in [5.41, 5.74) is 26.5. The fourth-order valence-corrected chi connectivity index (χ4v) is 8.82. The second-order valence-corrected chi connectivity index (χ2v) is 21.1. The molecule has 7 aromatic carbocycles. The molecule has 0 heterocycles. The van der Waals surface area contributed by atoms with Crippen LogP contribution in [0.3, 0.4) is 0 Å². The zero-order valence-corrected chi connectivity index (χ0v) is 49.2. The lowest BCUT2D eigenvalue weighted by atomic mass is 9.82. The van der Waals surface area contributed by atoms with Crippen molar-refractivity contribution in [1.29, 1.82) is 0 Å². The fraction of sp³-hybridized carbons (Fsp3) is 0.167. The van der Waals surface area contributed by atoms with E-state index in [2.05, 4.69) is 80.0 Å². The summed E-state index contributed by atoms with van der Waals surface area (Å²) in [6, 6.07) is 45.0. The summed E-state index contributed by atoms with van der Waals surface area (Å²) in [4.78, 5) is 49.1. The topological polar surface area (TPSA) is 278 Å². The average molecular weight is 1220 g/mol. The Hall–Kier alpha value is -9.20. The molecule has 3 amide bonds. The van der Waals surface area contributed by atoms with Gasteiger partial charge in [0.1, 0.15) is 23.3 Å². The van der Waals surface area contributed by atoms with Crippen LogP contribution in [-0.4, -0.2) is 92.8 Å². The molecule has 1 fully saturated rings. The predicted octanol–water partition coefficient (Wildman–Crippen LogP) is 12.1. The summed E-state index contributed by atoms with van der Waals surface area (Å²) < 4.78 is 0. The number of nitrogens with zero attached hydrogens (tertiary/aromatic N) is 4. The van der Waals surface area contributed by atoms with Gasteiger partial charge in [-0.3, -0.25) is 24.1 Å². The summed E-state index contributed by atoms with van der Waals surface area (Å²) in [6.07, 6.45) is 22.3. The van der Waals surface area contributed by atoms with Crippen LogP contribution in [0, 0.1) is 0 Å². The molecule has 0 aromatic heterocycles. The van der Waals surface area contributed by atoms with E-state index in [-0.39, 0.29) is 49.8 Å². The van der Waals surface area contributed by atoms with E-state index in [1.54, 1.807) is 36.7 Å². The van der Waals surface area contributed by atoms with Crippen molar-refractivity contribution in [3.05, 3.63) is 247 Å². The van der Waals surface area contributed by atoms with Gasteiger partial charge in [-0.2, -0.15) is 15.3 Å². The highest BCUT2D eigenvalue weighted by Crippen LogP contribution is 2.29. The summed E-state index contributed by atoms with van der Waals surface area (Å²) in [5.74, 6) is -2.58. The van der Waals surface area contributed by atoms with Gasteiger partial charge < -0.3 is 31.9 Å². The molecule has 0 aliphatic heterocycles. The highest BCUT2D eigenvalue weighted by Gasteiger charge is 2.24. The van der Waals surface area contributed by atoms with Crippen molar-refractivity contribution in [2.75, 3.05) is 13.6 Å². The number of phenols is 3. The summed E-state index contributed by atoms with van der Waals surface area (Å²) in [5, 5.41) is 49.2. The van der Waals surface area contributed by atoms with Crippen molar-refractivity contribution >= 4 is 95.4 Å². The van der Waals surface area contributed by atoms with E-state index >= 15 is 0 Å². The SMILES string of the molecule is CN(C/C=C/c1cccc(/C=N/NC(=O)c2ccc(O)c(Cl)c2)c1)Cc1ccccc1.NC(C/C=C/c1cccc(/C=N/NC(=O)c2ccc(O)c(Cl)c2)c1)C(=O)O.NC1(/C=C/c2cccc(/C=N/NC(=O)c3ccc(O)c(Cl)c3)c2)CCCCC1. The van der Waals surface area contributed by atoms with Crippen molar-refractivity contribution in [2.45, 2.75) is 56.7 Å². The molecule has 444 valence electrons. The van der Waals surface area contributed by atoms with Crippen LogP contribution in [0.4, 0.5) is 0 Å². The van der Waals surface area contributed by atoms with Gasteiger partial charge in [0, 0.05) is 35.3 Å². The van der Waals surface area contributed by atoms with Crippen LogP contribution in [0.2, 0.25) is 15.1 Å². The molecule has 86 heavy (non-hydrogen) atoms. The summed E-state index contributed by atoms with van der Waals surface area (Å²) in [6.45, 7) is 1.72. The lowest BCUT2D eigenvalue weighted by Gasteiger charge is -2.30. The van der Waals surface area contributed by atoms with Gasteiger partial charge in [-0.25, -0.2) is 16.3 Å². The fourth-order valence-electron chi connectivity index (χ4n) is 8.28. The maximum absolute atomic E-state index is 12.1. The highest BCUT2D eigenvalue weighted by atomic mass is 35.5. The van der Waals surface area contributed by atoms with E-state index in [1.807, 2.05) is 78.9 Å². The van der Waals surface area contributed by atoms with E-state index in [0.29, 0.717) is 11.1 Å². The van der Waals surface area contributed by atoms with Crippen LogP contribution >= 0.6 is 34.8 Å². The third-order valence-corrected chi connectivity index (χ3v) is 13.8. The van der Waals surface area contributed by atoms with Crippen LogP contribution in [0.1, 0.15) is 109 Å². The van der Waals surface area contributed by atoms with Gasteiger partial charge >= 0.3 is 5.97 Å². The number of benzene rings is 7. The Morgan fingerprint density at radius 2 is 0.942 bits per heavy atom. The molecule has 1 unspecified atom stereocenters. The molecule has 0 bridgehead atoms. The van der Waals surface area contributed by atoms with E-state index < -0.39 is 29.7 Å². The van der Waals surface area contributed by atoms with Crippen LogP contribution in [-0.2, 0) is 11.3 Å². The Morgan fingerprint density at radius 3 is 1.35 bits per heavy atom. The van der Waals surface area contributed by atoms with Gasteiger partial charge in [0.05, 0.1) is 33.7 Å². The van der Waals surface area contributed by atoms with E-state index in [9.17, 15) is 34.5 Å². The van der Waals surface area contributed by atoms with Gasteiger partial charge in [0.15, 0.2) is 0 Å². The molecular formula is C66H66Cl3N9O8. The molecular weight excluding hydrogens is 1150 g/mol. The number of hydrazone groups is 3. The van der Waals surface area contributed by atoms with Crippen LogP contribution < -0.4 is 27.7 Å². The quantitative estimate of drug-likeness (QED) is 0.0256. The number of halogens is 3. The number of phenolic OH excluding ortho intramolecular Hbond substituents is 3. The van der Waals surface area contributed by atoms with Crippen LogP contribution in [0.15, 0.2) is 191 Å². The number of hydrogen-bond donors (Lipinski definition) is 9. The smallest absolute Gasteiger partial charge is 0.320 e. The number of carboxylic acid groups (broad SMARTS) is 1. The first-order chi connectivity index (χ1) is 41.3. The largest absolute Gasteiger partial charge is 0.506 e. The second-order valence-electron chi connectivity index (χ2n) is 19.9. The Kier molecular flexibility index (Phi) is 26.0. The minimum absolute atomic E-state index is 0.0703. The van der Waals surface area contributed by atoms with Gasteiger partial charge in [-0.05, 0) is 138 Å². The number of rotatable bonds is 20. The van der Waals surface area contributed by atoms with Crippen molar-refractivity contribution in [3.8, 4) is 17.2 Å². The first-order valence-electron chi connectivity index (χ1n) is 27.1. The number of carbonyl (C=O) groups is 4. The zero-order valence-electron chi connectivity index (χ0n) is 46.9. The Bertz CT molecular complexity index is 3620. The number of nitrogens with one attached hydrogen (secondary N) is 3. The second kappa shape index (κ2) is 33.9. The molecule has 1 atom stereocenters. The van der Waals surface area contributed by atoms with Crippen molar-refractivity contribution in [3.63, 3.8) is 0 Å². The minimum Gasteiger partial charge on any atom is -0.506 e. The third kappa shape index (κ3) is 22.8. The van der Waals surface area contributed by atoms with Crippen LogP contribution in [0.5, 0.6) is 17.2 Å². The highest BCUT2D eigenvalue weighted by molar-refractivity contribution is 6.33. The zero-order chi connectivity index (χ0) is 61.8. The van der Waals surface area contributed by atoms with Crippen molar-refractivity contribution < 1.29 is 39.6 Å². The predicted molar refractivity (Wildman–Crippen MR) is 344 cm³/mol. The molecule has 0 radical (unpaired) electrons. The van der Waals surface area contributed by atoms with Crippen molar-refractivity contribution in [2.24, 2.45) is 26.8 Å². The normalized spacial score (nSPS) is 13.4. The molecule has 1 aliphatic rings. The van der Waals surface area contributed by atoms with E-state index in [1.165, 1.54) is 85.6 Å². The molecule has 7 aromatic rings. The maximum Gasteiger partial charge on any atom is 0.320 e. The molecule has 1 saturated carbocycles. The number of aliphatic carboxylic acids is 1. The average Bonchev–Trinajstić information content (AvgIpc) is 3.59. The lowest BCUT2D eigenvalue weighted by molar-refractivity contribution is -0.138. The Labute approximate surface area is 514 Å². The van der Waals surface area contributed by atoms with Crippen molar-refractivity contribution in [1.82, 2.24) is 21.2 Å².